The standard InChI is InChI=1S/C33H38F5NO3/c1-19(2)25-16-20(4-12-27(25)34)18-32-14-15-39(29(40)21-5-7-22(8-6-21)30(41)42)28(32)13-9-23-17-24(10-11-26(23)32)31(3,35)33(36,37)38/h4,10-12,16-17,19,21-22,28H,5-9,13-15,18H2,1-3H3,(H,41,42)/t21-,22-,28?,31?,32?. The molecule has 9 heteroatoms. The molecule has 1 saturated heterocycles. The van der Waals surface area contributed by atoms with Crippen LogP contribution in [0.5, 0.6) is 0 Å². The Bertz CT molecular complexity index is 1360. The van der Waals surface area contributed by atoms with E-state index in [1.54, 1.807) is 12.1 Å². The van der Waals surface area contributed by atoms with Gasteiger partial charge < -0.3 is 10.0 Å². The normalized spacial score (nSPS) is 27.4. The van der Waals surface area contributed by atoms with Gasteiger partial charge >= 0.3 is 12.1 Å². The average Bonchev–Trinajstić information content (AvgIpc) is 3.32. The predicted molar refractivity (Wildman–Crippen MR) is 148 cm³/mol. The molecule has 3 unspecified atom stereocenters. The number of halogens is 5. The molecule has 1 heterocycles. The van der Waals surface area contributed by atoms with Crippen LogP contribution in [-0.4, -0.2) is 40.6 Å². The fourth-order valence-corrected chi connectivity index (χ4v) is 7.62. The van der Waals surface area contributed by atoms with Gasteiger partial charge in [-0.1, -0.05) is 44.2 Å². The lowest BCUT2D eigenvalue weighted by Gasteiger charge is -2.45. The van der Waals surface area contributed by atoms with Crippen molar-refractivity contribution in [2.75, 3.05) is 6.54 Å². The van der Waals surface area contributed by atoms with Gasteiger partial charge in [-0.25, -0.2) is 8.78 Å². The molecular weight excluding hydrogens is 553 g/mol. The van der Waals surface area contributed by atoms with Crippen LogP contribution in [0.1, 0.15) is 93.0 Å². The monoisotopic (exact) mass is 591 g/mol. The number of carbonyl (C=O) groups excluding carboxylic acids is 1. The Balaban J connectivity index is 1.53. The highest BCUT2D eigenvalue weighted by Gasteiger charge is 2.56. The number of fused-ring (bicyclic) bond motifs is 3. The largest absolute Gasteiger partial charge is 0.481 e. The Hall–Kier alpha value is -2.97. The van der Waals surface area contributed by atoms with E-state index in [2.05, 4.69) is 0 Å². The van der Waals surface area contributed by atoms with Crippen molar-refractivity contribution < 1.29 is 36.6 Å². The minimum atomic E-state index is -5.06. The van der Waals surface area contributed by atoms with Crippen molar-refractivity contribution in [2.24, 2.45) is 11.8 Å². The summed E-state index contributed by atoms with van der Waals surface area (Å²) in [7, 11) is 0. The van der Waals surface area contributed by atoms with Crippen molar-refractivity contribution >= 4 is 11.9 Å². The van der Waals surface area contributed by atoms with Crippen LogP contribution < -0.4 is 0 Å². The van der Waals surface area contributed by atoms with Crippen LogP contribution in [0.2, 0.25) is 0 Å². The molecule has 1 amide bonds. The second kappa shape index (κ2) is 10.9. The number of carboxylic acids is 1. The van der Waals surface area contributed by atoms with Crippen LogP contribution in [0.25, 0.3) is 0 Å². The molecule has 0 bridgehead atoms. The van der Waals surface area contributed by atoms with E-state index in [0.29, 0.717) is 76.0 Å². The first kappa shape index (κ1) is 30.5. The summed E-state index contributed by atoms with van der Waals surface area (Å²) >= 11 is 0. The maximum Gasteiger partial charge on any atom is 0.426 e. The van der Waals surface area contributed by atoms with Crippen molar-refractivity contribution in [2.45, 2.75) is 101 Å². The molecule has 3 atom stereocenters. The third-order valence-electron chi connectivity index (χ3n) is 10.1. The van der Waals surface area contributed by atoms with Gasteiger partial charge in [-0.3, -0.25) is 9.59 Å². The Morgan fingerprint density at radius 1 is 1.00 bits per heavy atom. The van der Waals surface area contributed by atoms with Crippen molar-refractivity contribution in [3.8, 4) is 0 Å². The van der Waals surface area contributed by atoms with Crippen LogP contribution in [0, 0.1) is 17.7 Å². The van der Waals surface area contributed by atoms with Gasteiger partial charge in [0.15, 0.2) is 0 Å². The van der Waals surface area contributed by atoms with Gasteiger partial charge in [-0.05, 0) is 98.1 Å². The molecule has 5 rings (SSSR count). The highest BCUT2D eigenvalue weighted by atomic mass is 19.4. The summed E-state index contributed by atoms with van der Waals surface area (Å²) in [6.45, 7) is 4.82. The van der Waals surface area contributed by atoms with E-state index in [4.69, 9.17) is 0 Å². The van der Waals surface area contributed by atoms with E-state index < -0.39 is 34.7 Å². The first-order valence-corrected chi connectivity index (χ1v) is 14.9. The summed E-state index contributed by atoms with van der Waals surface area (Å²) in [6, 6.07) is 8.96. The first-order chi connectivity index (χ1) is 19.7. The second-order valence-electron chi connectivity index (χ2n) is 12.9. The van der Waals surface area contributed by atoms with Crippen LogP contribution in [0.15, 0.2) is 36.4 Å². The fourth-order valence-electron chi connectivity index (χ4n) is 7.62. The summed E-state index contributed by atoms with van der Waals surface area (Å²) in [5.74, 6) is -1.88. The van der Waals surface area contributed by atoms with E-state index in [1.807, 2.05) is 24.8 Å². The lowest BCUT2D eigenvalue weighted by molar-refractivity contribution is -0.228. The summed E-state index contributed by atoms with van der Waals surface area (Å²) in [4.78, 5) is 27.2. The molecule has 1 saturated carbocycles. The van der Waals surface area contributed by atoms with Crippen molar-refractivity contribution in [1.29, 1.82) is 0 Å². The Morgan fingerprint density at radius 3 is 2.29 bits per heavy atom. The summed E-state index contributed by atoms with van der Waals surface area (Å²) in [5.41, 5.74) is -1.64. The predicted octanol–water partition coefficient (Wildman–Crippen LogP) is 7.61. The molecule has 2 aromatic carbocycles. The van der Waals surface area contributed by atoms with Crippen molar-refractivity contribution in [1.82, 2.24) is 4.90 Å². The van der Waals surface area contributed by atoms with Gasteiger partial charge in [0.2, 0.25) is 11.6 Å². The van der Waals surface area contributed by atoms with Crippen LogP contribution in [0.4, 0.5) is 22.0 Å². The molecular formula is C33H38F5NO3. The fraction of sp³-hybridized carbons (Fsp3) is 0.576. The van der Waals surface area contributed by atoms with E-state index in [-0.39, 0.29) is 29.6 Å². The number of nitrogens with zero attached hydrogens (tertiary/aromatic N) is 1. The molecule has 3 aliphatic rings. The highest BCUT2D eigenvalue weighted by Crippen LogP contribution is 2.51. The summed E-state index contributed by atoms with van der Waals surface area (Å²) < 4.78 is 70.3. The highest BCUT2D eigenvalue weighted by molar-refractivity contribution is 5.80. The second-order valence-corrected chi connectivity index (χ2v) is 12.9. The summed E-state index contributed by atoms with van der Waals surface area (Å²) in [5, 5.41) is 9.38. The lowest BCUT2D eigenvalue weighted by Crippen LogP contribution is -2.51. The number of likely N-dealkylation sites (tertiary alicyclic amines) is 1. The average molecular weight is 592 g/mol. The zero-order chi connectivity index (χ0) is 30.6. The van der Waals surface area contributed by atoms with Crippen LogP contribution >= 0.6 is 0 Å². The van der Waals surface area contributed by atoms with Crippen molar-refractivity contribution in [3.63, 3.8) is 0 Å². The molecule has 2 aromatic rings. The molecule has 0 aromatic heterocycles. The Morgan fingerprint density at radius 2 is 1.67 bits per heavy atom. The van der Waals surface area contributed by atoms with E-state index >= 15 is 0 Å². The minimum absolute atomic E-state index is 0.00108. The van der Waals surface area contributed by atoms with Crippen LogP contribution in [-0.2, 0) is 33.5 Å². The number of alkyl halides is 4. The van der Waals surface area contributed by atoms with Gasteiger partial charge in [-0.2, -0.15) is 13.2 Å². The van der Waals surface area contributed by atoms with Gasteiger partial charge in [0.25, 0.3) is 0 Å². The number of carboxylic acid groups (broad SMARTS) is 1. The van der Waals surface area contributed by atoms with Gasteiger partial charge in [0.05, 0.1) is 5.92 Å². The minimum Gasteiger partial charge on any atom is -0.481 e. The number of aryl methyl sites for hydroxylation is 1. The van der Waals surface area contributed by atoms with E-state index in [1.165, 1.54) is 18.2 Å². The topological polar surface area (TPSA) is 57.6 Å². The maximum atomic E-state index is 15.0. The third-order valence-corrected chi connectivity index (χ3v) is 10.1. The Labute approximate surface area is 243 Å². The van der Waals surface area contributed by atoms with Crippen LogP contribution in [0.3, 0.4) is 0 Å². The van der Waals surface area contributed by atoms with E-state index in [9.17, 15) is 36.6 Å². The number of rotatable bonds is 6. The molecule has 0 spiro atoms. The number of benzene rings is 2. The molecule has 4 nitrogen and oxygen atoms in total. The third kappa shape index (κ3) is 5.21. The number of hydrogen-bond acceptors (Lipinski definition) is 2. The smallest absolute Gasteiger partial charge is 0.426 e. The van der Waals surface area contributed by atoms with Gasteiger partial charge in [0.1, 0.15) is 5.82 Å². The lowest BCUT2D eigenvalue weighted by atomic mass is 9.63. The Kier molecular flexibility index (Phi) is 7.94. The maximum absolute atomic E-state index is 15.0. The molecule has 1 aliphatic heterocycles. The number of hydrogen-bond donors (Lipinski definition) is 1. The molecule has 0 radical (unpaired) electrons. The SMILES string of the molecule is CC(C)c1cc(CC23CCN(C(=O)[C@H]4CC[C@H](C(=O)O)CC4)C2CCc2cc(C(C)(F)C(F)(F)F)ccc23)ccc1F. The van der Waals surface area contributed by atoms with Gasteiger partial charge in [0, 0.05) is 23.9 Å². The molecule has 2 aliphatic carbocycles. The summed E-state index contributed by atoms with van der Waals surface area (Å²) in [6.07, 6.45) is -1.19. The molecule has 42 heavy (non-hydrogen) atoms. The van der Waals surface area contributed by atoms with Crippen molar-refractivity contribution in [3.05, 3.63) is 70.0 Å². The number of carbonyl (C=O) groups is 2. The van der Waals surface area contributed by atoms with E-state index in [0.717, 1.165) is 11.1 Å². The quantitative estimate of drug-likeness (QED) is 0.352. The molecule has 2 fully saturated rings. The van der Waals surface area contributed by atoms with Gasteiger partial charge in [-0.15, -0.1) is 0 Å². The molecule has 228 valence electrons. The number of amides is 1. The number of aliphatic carboxylic acids is 1. The zero-order valence-electron chi connectivity index (χ0n) is 24.2. The zero-order valence-corrected chi connectivity index (χ0v) is 24.2. The molecule has 1 N–H and O–H groups in total. The first-order valence-electron chi connectivity index (χ1n) is 14.9.